The van der Waals surface area contributed by atoms with Crippen molar-refractivity contribution < 1.29 is 23.6 Å². The van der Waals surface area contributed by atoms with Gasteiger partial charge in [-0.05, 0) is 18.9 Å². The van der Waals surface area contributed by atoms with E-state index in [-0.39, 0.29) is 18.7 Å². The molecule has 0 unspecified atom stereocenters. The molecule has 1 fully saturated rings. The summed E-state index contributed by atoms with van der Waals surface area (Å²) in [7, 11) is 0. The highest BCUT2D eigenvalue weighted by molar-refractivity contribution is 5.87. The van der Waals surface area contributed by atoms with Crippen molar-refractivity contribution in [1.29, 1.82) is 0 Å². The lowest BCUT2D eigenvalue weighted by Crippen LogP contribution is -2.54. The lowest BCUT2D eigenvalue weighted by molar-refractivity contribution is -0.148. The molecule has 0 aliphatic heterocycles. The number of amides is 1. The topological polar surface area (TPSA) is 118 Å². The van der Waals surface area contributed by atoms with Gasteiger partial charge in [0.1, 0.15) is 11.8 Å². The number of carboxylic acid groups (broad SMARTS) is 1. The molecule has 0 spiro atoms. The van der Waals surface area contributed by atoms with Crippen LogP contribution in [-0.2, 0) is 16.0 Å². The Labute approximate surface area is 144 Å². The van der Waals surface area contributed by atoms with Gasteiger partial charge < -0.3 is 19.4 Å². The van der Waals surface area contributed by atoms with Crippen LogP contribution in [0.4, 0.5) is 0 Å². The first-order chi connectivity index (χ1) is 12.1. The van der Waals surface area contributed by atoms with Crippen LogP contribution < -0.4 is 5.32 Å². The molecule has 0 atom stereocenters. The summed E-state index contributed by atoms with van der Waals surface area (Å²) < 4.78 is 10.1. The molecule has 0 aromatic carbocycles. The Morgan fingerprint density at radius 3 is 2.64 bits per heavy atom. The van der Waals surface area contributed by atoms with Gasteiger partial charge in [-0.1, -0.05) is 30.8 Å². The van der Waals surface area contributed by atoms with Crippen LogP contribution in [0.15, 0.2) is 27.5 Å². The fourth-order valence-electron chi connectivity index (χ4n) is 3.14. The van der Waals surface area contributed by atoms with Crippen molar-refractivity contribution in [3.05, 3.63) is 24.5 Å². The Morgan fingerprint density at radius 2 is 2.00 bits per heavy atom. The van der Waals surface area contributed by atoms with Crippen molar-refractivity contribution in [1.82, 2.24) is 15.5 Å². The molecular formula is C17H21N3O5. The van der Waals surface area contributed by atoms with Gasteiger partial charge >= 0.3 is 5.97 Å². The second-order valence-electron chi connectivity index (χ2n) is 6.37. The van der Waals surface area contributed by atoms with E-state index in [2.05, 4.69) is 15.5 Å². The van der Waals surface area contributed by atoms with Gasteiger partial charge in [-0.3, -0.25) is 4.79 Å². The Kier molecular flexibility index (Phi) is 5.16. The number of carbonyl (C=O) groups excluding carboxylic acids is 1. The number of nitrogens with zero attached hydrogens (tertiary/aromatic N) is 2. The second-order valence-corrected chi connectivity index (χ2v) is 6.37. The van der Waals surface area contributed by atoms with Crippen molar-refractivity contribution in [3.63, 3.8) is 0 Å². The van der Waals surface area contributed by atoms with E-state index in [0.29, 0.717) is 30.1 Å². The van der Waals surface area contributed by atoms with E-state index in [0.717, 1.165) is 25.7 Å². The van der Waals surface area contributed by atoms with Gasteiger partial charge in [0.25, 0.3) is 0 Å². The fourth-order valence-corrected chi connectivity index (χ4v) is 3.14. The monoisotopic (exact) mass is 347 g/mol. The number of aryl methyl sites for hydroxylation is 1. The van der Waals surface area contributed by atoms with Crippen molar-refractivity contribution in [2.75, 3.05) is 0 Å². The van der Waals surface area contributed by atoms with E-state index in [1.807, 2.05) is 0 Å². The van der Waals surface area contributed by atoms with Crippen molar-refractivity contribution in [3.8, 4) is 11.4 Å². The predicted octanol–water partition coefficient (Wildman–Crippen LogP) is 2.56. The molecule has 2 heterocycles. The molecule has 2 N–H and O–H groups in total. The minimum Gasteiger partial charge on any atom is -0.480 e. The summed E-state index contributed by atoms with van der Waals surface area (Å²) in [6.45, 7) is 0. The SMILES string of the molecule is O=C(CCc1nc(-c2ccoc2)no1)NC1(C(=O)O)CCCCCC1. The molecule has 1 amide bonds. The van der Waals surface area contributed by atoms with Crippen molar-refractivity contribution >= 4 is 11.9 Å². The van der Waals surface area contributed by atoms with E-state index in [1.54, 1.807) is 6.07 Å². The lowest BCUT2D eigenvalue weighted by atomic mass is 9.90. The summed E-state index contributed by atoms with van der Waals surface area (Å²) in [5.41, 5.74) is -0.451. The molecule has 2 aromatic heterocycles. The highest BCUT2D eigenvalue weighted by Crippen LogP contribution is 2.27. The average Bonchev–Trinajstić information content (AvgIpc) is 3.22. The smallest absolute Gasteiger partial charge is 0.329 e. The number of furan rings is 1. The number of nitrogens with one attached hydrogen (secondary N) is 1. The van der Waals surface area contributed by atoms with Gasteiger partial charge in [0.2, 0.25) is 17.6 Å². The predicted molar refractivity (Wildman–Crippen MR) is 86.5 cm³/mol. The van der Waals surface area contributed by atoms with E-state index in [9.17, 15) is 14.7 Å². The Hall–Kier alpha value is -2.64. The van der Waals surface area contributed by atoms with E-state index >= 15 is 0 Å². The zero-order valence-electron chi connectivity index (χ0n) is 13.9. The molecule has 8 heteroatoms. The third-order valence-corrected chi connectivity index (χ3v) is 4.56. The summed E-state index contributed by atoms with van der Waals surface area (Å²) in [5.74, 6) is -0.540. The molecule has 1 aliphatic carbocycles. The Bertz CT molecular complexity index is 714. The molecule has 25 heavy (non-hydrogen) atoms. The van der Waals surface area contributed by atoms with Crippen LogP contribution in [0.3, 0.4) is 0 Å². The molecule has 1 aliphatic rings. The van der Waals surface area contributed by atoms with Gasteiger partial charge in [0.15, 0.2) is 0 Å². The number of hydrogen-bond acceptors (Lipinski definition) is 6. The van der Waals surface area contributed by atoms with E-state index < -0.39 is 11.5 Å². The van der Waals surface area contributed by atoms with Gasteiger partial charge in [-0.25, -0.2) is 4.79 Å². The van der Waals surface area contributed by atoms with Crippen molar-refractivity contribution in [2.24, 2.45) is 0 Å². The van der Waals surface area contributed by atoms with Gasteiger partial charge in [0.05, 0.1) is 11.8 Å². The van der Waals surface area contributed by atoms with Crippen LogP contribution in [0.2, 0.25) is 0 Å². The summed E-state index contributed by atoms with van der Waals surface area (Å²) in [4.78, 5) is 28.2. The fraction of sp³-hybridized carbons (Fsp3) is 0.529. The number of carboxylic acids is 1. The summed E-state index contributed by atoms with van der Waals surface area (Å²) in [6.07, 6.45) is 7.94. The molecule has 0 radical (unpaired) electrons. The normalized spacial score (nSPS) is 17.0. The first kappa shape index (κ1) is 17.2. The van der Waals surface area contributed by atoms with Crippen molar-refractivity contribution in [2.45, 2.75) is 56.9 Å². The van der Waals surface area contributed by atoms with Crippen LogP contribution >= 0.6 is 0 Å². The molecule has 0 saturated heterocycles. The van der Waals surface area contributed by atoms with Crippen LogP contribution in [0.25, 0.3) is 11.4 Å². The minimum absolute atomic E-state index is 0.0993. The summed E-state index contributed by atoms with van der Waals surface area (Å²) >= 11 is 0. The van der Waals surface area contributed by atoms with Crippen LogP contribution in [0.1, 0.15) is 50.8 Å². The third-order valence-electron chi connectivity index (χ3n) is 4.56. The molecule has 1 saturated carbocycles. The van der Waals surface area contributed by atoms with E-state index in [1.165, 1.54) is 12.5 Å². The standard InChI is InChI=1S/C17H21N3O5/c21-13(19-17(16(22)23)8-3-1-2-4-9-17)5-6-14-18-15(20-25-14)12-7-10-24-11-12/h7,10-11H,1-6,8-9H2,(H,19,21)(H,22,23). The molecule has 8 nitrogen and oxygen atoms in total. The number of aliphatic carboxylic acids is 1. The Morgan fingerprint density at radius 1 is 1.24 bits per heavy atom. The van der Waals surface area contributed by atoms with E-state index in [4.69, 9.17) is 8.94 Å². The maximum absolute atomic E-state index is 12.3. The van der Waals surface area contributed by atoms with Crippen LogP contribution in [0.5, 0.6) is 0 Å². The minimum atomic E-state index is -1.15. The molecular weight excluding hydrogens is 326 g/mol. The van der Waals surface area contributed by atoms with Gasteiger partial charge in [-0.15, -0.1) is 0 Å². The average molecular weight is 347 g/mol. The largest absolute Gasteiger partial charge is 0.480 e. The first-order valence-corrected chi connectivity index (χ1v) is 8.49. The molecule has 3 rings (SSSR count). The molecule has 134 valence electrons. The Balaban J connectivity index is 1.57. The highest BCUT2D eigenvalue weighted by Gasteiger charge is 2.39. The third kappa shape index (κ3) is 4.07. The van der Waals surface area contributed by atoms with Gasteiger partial charge in [0, 0.05) is 12.8 Å². The summed E-state index contributed by atoms with van der Waals surface area (Å²) in [5, 5.41) is 16.2. The maximum atomic E-state index is 12.3. The number of aromatic nitrogens is 2. The molecule has 2 aromatic rings. The number of hydrogen-bond donors (Lipinski definition) is 2. The quantitative estimate of drug-likeness (QED) is 0.771. The molecule has 0 bridgehead atoms. The lowest BCUT2D eigenvalue weighted by Gasteiger charge is -2.29. The first-order valence-electron chi connectivity index (χ1n) is 8.49. The maximum Gasteiger partial charge on any atom is 0.329 e. The number of rotatable bonds is 6. The highest BCUT2D eigenvalue weighted by atomic mass is 16.5. The van der Waals surface area contributed by atoms with Crippen LogP contribution in [-0.4, -0.2) is 32.7 Å². The zero-order chi connectivity index (χ0) is 17.7. The zero-order valence-corrected chi connectivity index (χ0v) is 13.9. The second kappa shape index (κ2) is 7.50. The number of carbonyl (C=O) groups is 2. The van der Waals surface area contributed by atoms with Gasteiger partial charge in [-0.2, -0.15) is 4.98 Å². The summed E-state index contributed by atoms with van der Waals surface area (Å²) in [6, 6.07) is 1.71. The van der Waals surface area contributed by atoms with Crippen LogP contribution in [0, 0.1) is 0 Å².